The number of nitrogens with zero attached hydrogens (tertiary/aromatic N) is 1. The lowest BCUT2D eigenvalue weighted by Gasteiger charge is -2.36. The van der Waals surface area contributed by atoms with Crippen LogP contribution in [0.4, 0.5) is 0 Å². The molecule has 1 amide bonds. The maximum absolute atomic E-state index is 12.5. The number of esters is 1. The Morgan fingerprint density at radius 1 is 1.32 bits per heavy atom. The molecule has 1 aromatic rings. The van der Waals surface area contributed by atoms with E-state index in [1.165, 1.54) is 0 Å². The quantitative estimate of drug-likeness (QED) is 0.854. The fourth-order valence-electron chi connectivity index (χ4n) is 2.39. The van der Waals surface area contributed by atoms with Crippen molar-refractivity contribution in [3.05, 3.63) is 33.8 Å². The highest BCUT2D eigenvalue weighted by molar-refractivity contribution is 6.43. The molecular weight excluding hydrogens is 329 g/mol. The highest BCUT2D eigenvalue weighted by atomic mass is 35.5. The summed E-state index contributed by atoms with van der Waals surface area (Å²) >= 11 is 12.0. The molecule has 0 bridgehead atoms. The summed E-state index contributed by atoms with van der Waals surface area (Å²) in [4.78, 5) is 25.8. The number of benzene rings is 1. The van der Waals surface area contributed by atoms with Crippen LogP contribution in [0.1, 0.15) is 30.1 Å². The number of carbonyl (C=O) groups excluding carboxylic acids is 2. The summed E-state index contributed by atoms with van der Waals surface area (Å²) in [5.74, 6) is -0.902. The van der Waals surface area contributed by atoms with Crippen molar-refractivity contribution in [2.24, 2.45) is 0 Å². The number of rotatable bonds is 3. The summed E-state index contributed by atoms with van der Waals surface area (Å²) in [6, 6.07) is 4.86. The summed E-state index contributed by atoms with van der Waals surface area (Å²) in [5.41, 5.74) is -1.21. The van der Waals surface area contributed by atoms with Gasteiger partial charge in [0.1, 0.15) is 0 Å². The van der Waals surface area contributed by atoms with E-state index in [2.05, 4.69) is 0 Å². The zero-order chi connectivity index (χ0) is 16.3. The van der Waals surface area contributed by atoms with Crippen LogP contribution < -0.4 is 0 Å². The molecule has 0 unspecified atom stereocenters. The Morgan fingerprint density at radius 2 is 1.95 bits per heavy atom. The Hall–Kier alpha value is -1.30. The van der Waals surface area contributed by atoms with Gasteiger partial charge < -0.3 is 14.7 Å². The molecule has 0 atom stereocenters. The summed E-state index contributed by atoms with van der Waals surface area (Å²) in [6.07, 6.45) is 0.269. The first-order chi connectivity index (χ1) is 10.4. The SMILES string of the molecule is CCOC(=O)C1(O)CCN(C(=O)c2cccc(Cl)c2Cl)CC1. The number of ether oxygens (including phenoxy) is 1. The van der Waals surface area contributed by atoms with Crippen LogP contribution in [-0.4, -0.2) is 47.2 Å². The number of hydrogen-bond acceptors (Lipinski definition) is 4. The number of hydrogen-bond donors (Lipinski definition) is 1. The lowest BCUT2D eigenvalue weighted by molar-refractivity contribution is -0.169. The molecule has 0 spiro atoms. The molecular formula is C15H17Cl2NO4. The summed E-state index contributed by atoms with van der Waals surface area (Å²) in [7, 11) is 0. The minimum Gasteiger partial charge on any atom is -0.464 e. The molecule has 120 valence electrons. The number of likely N-dealkylation sites (tertiary alicyclic amines) is 1. The average molecular weight is 346 g/mol. The van der Waals surface area contributed by atoms with Crippen LogP contribution in [0, 0.1) is 0 Å². The third-order valence-electron chi connectivity index (χ3n) is 3.72. The van der Waals surface area contributed by atoms with Gasteiger partial charge >= 0.3 is 5.97 Å². The van der Waals surface area contributed by atoms with E-state index in [1.54, 1.807) is 30.0 Å². The van der Waals surface area contributed by atoms with E-state index < -0.39 is 11.6 Å². The zero-order valence-electron chi connectivity index (χ0n) is 12.1. The van der Waals surface area contributed by atoms with Crippen molar-refractivity contribution in [1.82, 2.24) is 4.90 Å². The Balaban J connectivity index is 2.07. The maximum atomic E-state index is 12.5. The molecule has 1 N–H and O–H groups in total. The van der Waals surface area contributed by atoms with Gasteiger partial charge in [-0.15, -0.1) is 0 Å². The fourth-order valence-corrected chi connectivity index (χ4v) is 2.77. The number of amides is 1. The Labute approximate surface area is 138 Å². The Morgan fingerprint density at radius 3 is 2.55 bits per heavy atom. The van der Waals surface area contributed by atoms with Crippen molar-refractivity contribution in [2.75, 3.05) is 19.7 Å². The van der Waals surface area contributed by atoms with Crippen LogP contribution in [0.25, 0.3) is 0 Å². The van der Waals surface area contributed by atoms with Crippen molar-refractivity contribution < 1.29 is 19.4 Å². The van der Waals surface area contributed by atoms with Gasteiger partial charge in [0.05, 0.1) is 22.2 Å². The van der Waals surface area contributed by atoms with E-state index >= 15 is 0 Å². The first-order valence-electron chi connectivity index (χ1n) is 7.02. The Kier molecular flexibility index (Phi) is 5.32. The molecule has 0 aliphatic carbocycles. The van der Waals surface area contributed by atoms with Gasteiger partial charge in [0, 0.05) is 25.9 Å². The second-order valence-corrected chi connectivity index (χ2v) is 5.93. The van der Waals surface area contributed by atoms with Crippen molar-refractivity contribution in [3.63, 3.8) is 0 Å². The van der Waals surface area contributed by atoms with Gasteiger partial charge in [-0.2, -0.15) is 0 Å². The van der Waals surface area contributed by atoms with E-state index in [1.807, 2.05) is 0 Å². The van der Waals surface area contributed by atoms with Crippen molar-refractivity contribution in [1.29, 1.82) is 0 Å². The first kappa shape index (κ1) is 17.1. The van der Waals surface area contributed by atoms with Crippen molar-refractivity contribution in [3.8, 4) is 0 Å². The molecule has 7 heteroatoms. The van der Waals surface area contributed by atoms with E-state index in [9.17, 15) is 14.7 Å². The fraction of sp³-hybridized carbons (Fsp3) is 0.467. The van der Waals surface area contributed by atoms with E-state index in [-0.39, 0.29) is 43.5 Å². The van der Waals surface area contributed by atoms with Gasteiger partial charge in [-0.1, -0.05) is 29.3 Å². The zero-order valence-corrected chi connectivity index (χ0v) is 13.7. The second kappa shape index (κ2) is 6.86. The average Bonchev–Trinajstić information content (AvgIpc) is 2.50. The van der Waals surface area contributed by atoms with Gasteiger partial charge in [-0.3, -0.25) is 4.79 Å². The number of halogens is 2. The monoisotopic (exact) mass is 345 g/mol. The van der Waals surface area contributed by atoms with Crippen LogP contribution in [0.3, 0.4) is 0 Å². The third kappa shape index (κ3) is 3.37. The number of aliphatic hydroxyl groups is 1. The lowest BCUT2D eigenvalue weighted by Crippen LogP contribution is -2.51. The number of carbonyl (C=O) groups is 2. The molecule has 22 heavy (non-hydrogen) atoms. The molecule has 1 heterocycles. The molecule has 1 aliphatic heterocycles. The van der Waals surface area contributed by atoms with Gasteiger partial charge in [0.25, 0.3) is 5.91 Å². The van der Waals surface area contributed by atoms with Crippen molar-refractivity contribution in [2.45, 2.75) is 25.4 Å². The first-order valence-corrected chi connectivity index (χ1v) is 7.77. The molecule has 0 aromatic heterocycles. The number of piperidine rings is 1. The normalized spacial score (nSPS) is 17.2. The van der Waals surface area contributed by atoms with E-state index in [4.69, 9.17) is 27.9 Å². The molecule has 1 aliphatic rings. The van der Waals surface area contributed by atoms with Crippen LogP contribution in [0.2, 0.25) is 10.0 Å². The van der Waals surface area contributed by atoms with Crippen LogP contribution >= 0.6 is 23.2 Å². The minimum absolute atomic E-state index is 0.135. The summed E-state index contributed by atoms with van der Waals surface area (Å²) in [5, 5.41) is 10.8. The van der Waals surface area contributed by atoms with Crippen LogP contribution in [0.15, 0.2) is 18.2 Å². The molecule has 0 saturated carbocycles. The predicted molar refractivity (Wildman–Crippen MR) is 83.2 cm³/mol. The van der Waals surface area contributed by atoms with Gasteiger partial charge in [-0.25, -0.2) is 4.79 Å². The standard InChI is InChI=1S/C15H17Cl2NO4/c1-2-22-14(20)15(21)6-8-18(9-7-15)13(19)10-4-3-5-11(16)12(10)17/h3-5,21H,2,6-9H2,1H3. The van der Waals surface area contributed by atoms with Crippen LogP contribution in [0.5, 0.6) is 0 Å². The molecule has 2 rings (SSSR count). The van der Waals surface area contributed by atoms with Crippen LogP contribution in [-0.2, 0) is 9.53 Å². The Bertz CT molecular complexity index is 583. The largest absolute Gasteiger partial charge is 0.464 e. The highest BCUT2D eigenvalue weighted by Gasteiger charge is 2.41. The van der Waals surface area contributed by atoms with E-state index in [0.717, 1.165) is 0 Å². The van der Waals surface area contributed by atoms with Crippen molar-refractivity contribution >= 4 is 35.1 Å². The van der Waals surface area contributed by atoms with Gasteiger partial charge in [-0.05, 0) is 19.1 Å². The molecule has 0 radical (unpaired) electrons. The highest BCUT2D eigenvalue weighted by Crippen LogP contribution is 2.29. The predicted octanol–water partition coefficient (Wildman–Crippen LogP) is 2.52. The topological polar surface area (TPSA) is 66.8 Å². The molecule has 5 nitrogen and oxygen atoms in total. The molecule has 1 aromatic carbocycles. The smallest absolute Gasteiger partial charge is 0.338 e. The summed E-state index contributed by atoms with van der Waals surface area (Å²) in [6.45, 7) is 2.39. The van der Waals surface area contributed by atoms with E-state index in [0.29, 0.717) is 10.6 Å². The lowest BCUT2D eigenvalue weighted by atomic mass is 9.91. The molecule has 1 saturated heterocycles. The second-order valence-electron chi connectivity index (χ2n) is 5.15. The third-order valence-corrected chi connectivity index (χ3v) is 4.53. The maximum Gasteiger partial charge on any atom is 0.338 e. The summed E-state index contributed by atoms with van der Waals surface area (Å²) < 4.78 is 4.87. The van der Waals surface area contributed by atoms with Gasteiger partial charge in [0.15, 0.2) is 5.60 Å². The van der Waals surface area contributed by atoms with Gasteiger partial charge in [0.2, 0.25) is 0 Å². The molecule has 1 fully saturated rings. The minimum atomic E-state index is -1.52.